The summed E-state index contributed by atoms with van der Waals surface area (Å²) in [5.41, 5.74) is 6.48. The zero-order valence-corrected chi connectivity index (χ0v) is 20.3. The third-order valence-electron chi connectivity index (χ3n) is 4.47. The predicted octanol–water partition coefficient (Wildman–Crippen LogP) is 5.14. The first-order valence-electron chi connectivity index (χ1n) is 10.3. The van der Waals surface area contributed by atoms with Crippen molar-refractivity contribution in [1.82, 2.24) is 5.43 Å². The highest BCUT2D eigenvalue weighted by Gasteiger charge is 2.12. The van der Waals surface area contributed by atoms with E-state index in [1.54, 1.807) is 6.21 Å². The summed E-state index contributed by atoms with van der Waals surface area (Å²) < 4.78 is 12.7. The molecule has 2 N–H and O–H groups in total. The predicted molar refractivity (Wildman–Crippen MR) is 137 cm³/mol. The van der Waals surface area contributed by atoms with E-state index >= 15 is 0 Å². The summed E-state index contributed by atoms with van der Waals surface area (Å²) in [6.45, 7) is 5.05. The molecule has 0 aliphatic carbocycles. The number of aryl methyl sites for hydroxylation is 1. The zero-order chi connectivity index (χ0) is 22.8. The molecule has 0 aliphatic rings. The maximum absolute atomic E-state index is 12.1. The first-order chi connectivity index (χ1) is 15.5. The molecule has 0 heterocycles. The molecule has 0 saturated carbocycles. The molecule has 0 radical (unpaired) electrons. The highest BCUT2D eigenvalue weighted by Crippen LogP contribution is 2.34. The molecule has 0 bridgehead atoms. The fourth-order valence-corrected chi connectivity index (χ4v) is 3.65. The van der Waals surface area contributed by atoms with E-state index < -0.39 is 0 Å². The Balaban J connectivity index is 1.59. The van der Waals surface area contributed by atoms with Gasteiger partial charge in [0, 0.05) is 5.69 Å². The molecule has 166 valence electrons. The number of nitrogens with zero attached hydrogens (tertiary/aromatic N) is 1. The molecule has 7 heteroatoms. The lowest BCUT2D eigenvalue weighted by molar-refractivity contribution is -0.119. The molecule has 3 aromatic carbocycles. The van der Waals surface area contributed by atoms with Crippen LogP contribution < -0.4 is 20.2 Å². The number of halogens is 1. The third-order valence-corrected chi connectivity index (χ3v) is 5.27. The number of nitrogens with one attached hydrogen (secondary N) is 2. The molecule has 0 aromatic heterocycles. The monoisotopic (exact) mass is 543 g/mol. The molecule has 3 aromatic rings. The molecule has 0 atom stereocenters. The molecule has 0 aliphatic heterocycles. The number of hydrazone groups is 1. The standard InChI is InChI=1S/C25H26IN3O3/c1-3-31-23-14-20(13-22(26)25(23)32-17-19-7-5-4-6-8-19)15-28-29-24(30)16-27-21-11-9-18(2)10-12-21/h4-15,27H,3,16-17H2,1-2H3,(H,29,30)/b28-15-. The molecular formula is C25H26IN3O3. The van der Waals surface area contributed by atoms with E-state index in [4.69, 9.17) is 9.47 Å². The number of hydrogen-bond donors (Lipinski definition) is 2. The second kappa shape index (κ2) is 12.1. The smallest absolute Gasteiger partial charge is 0.259 e. The Bertz CT molecular complexity index is 1050. The Kier molecular flexibility index (Phi) is 8.91. The second-order valence-corrected chi connectivity index (χ2v) is 8.21. The van der Waals surface area contributed by atoms with Gasteiger partial charge in [-0.3, -0.25) is 4.79 Å². The molecule has 0 spiro atoms. The molecular weight excluding hydrogens is 517 g/mol. The van der Waals surface area contributed by atoms with Crippen LogP contribution >= 0.6 is 22.6 Å². The maximum Gasteiger partial charge on any atom is 0.259 e. The van der Waals surface area contributed by atoms with E-state index in [1.807, 2.05) is 80.6 Å². The number of amides is 1. The lowest BCUT2D eigenvalue weighted by atomic mass is 10.2. The van der Waals surface area contributed by atoms with Gasteiger partial charge in [-0.05, 0) is 71.8 Å². The van der Waals surface area contributed by atoms with Crippen LogP contribution in [0.5, 0.6) is 11.5 Å². The fourth-order valence-electron chi connectivity index (χ4n) is 2.87. The summed E-state index contributed by atoms with van der Waals surface area (Å²) in [7, 11) is 0. The molecule has 3 rings (SSSR count). The van der Waals surface area contributed by atoms with Gasteiger partial charge in [-0.2, -0.15) is 5.10 Å². The van der Waals surface area contributed by atoms with Crippen molar-refractivity contribution < 1.29 is 14.3 Å². The molecule has 0 unspecified atom stereocenters. The first kappa shape index (κ1) is 23.6. The van der Waals surface area contributed by atoms with Crippen LogP contribution in [0.4, 0.5) is 5.69 Å². The topological polar surface area (TPSA) is 72.0 Å². The van der Waals surface area contributed by atoms with Gasteiger partial charge >= 0.3 is 0 Å². The van der Waals surface area contributed by atoms with Crippen molar-refractivity contribution in [2.75, 3.05) is 18.5 Å². The minimum Gasteiger partial charge on any atom is -0.490 e. The van der Waals surface area contributed by atoms with E-state index in [0.717, 1.165) is 20.4 Å². The van der Waals surface area contributed by atoms with Gasteiger partial charge in [0.15, 0.2) is 11.5 Å². The van der Waals surface area contributed by atoms with Crippen molar-refractivity contribution in [2.45, 2.75) is 20.5 Å². The van der Waals surface area contributed by atoms with Crippen molar-refractivity contribution in [3.8, 4) is 11.5 Å². The second-order valence-electron chi connectivity index (χ2n) is 7.05. The summed E-state index contributed by atoms with van der Waals surface area (Å²) in [6, 6.07) is 21.6. The van der Waals surface area contributed by atoms with Gasteiger partial charge in [0.05, 0.1) is 22.9 Å². The van der Waals surface area contributed by atoms with Crippen LogP contribution in [0.3, 0.4) is 0 Å². The summed E-state index contributed by atoms with van der Waals surface area (Å²) in [5.74, 6) is 1.10. The Morgan fingerprint density at radius 2 is 1.81 bits per heavy atom. The van der Waals surface area contributed by atoms with E-state index in [1.165, 1.54) is 5.56 Å². The Morgan fingerprint density at radius 1 is 1.06 bits per heavy atom. The van der Waals surface area contributed by atoms with Crippen LogP contribution in [0.15, 0.2) is 71.8 Å². The SMILES string of the molecule is CCOc1cc(/C=N\NC(=O)CNc2ccc(C)cc2)cc(I)c1OCc1ccccc1. The molecule has 6 nitrogen and oxygen atoms in total. The summed E-state index contributed by atoms with van der Waals surface area (Å²) >= 11 is 2.22. The van der Waals surface area contributed by atoms with Gasteiger partial charge in [0.25, 0.3) is 5.91 Å². The average molecular weight is 543 g/mol. The lowest BCUT2D eigenvalue weighted by Gasteiger charge is -2.14. The van der Waals surface area contributed by atoms with Gasteiger partial charge in [-0.1, -0.05) is 48.0 Å². The molecule has 32 heavy (non-hydrogen) atoms. The summed E-state index contributed by atoms with van der Waals surface area (Å²) in [6.07, 6.45) is 1.59. The fraction of sp³-hybridized carbons (Fsp3) is 0.200. The van der Waals surface area contributed by atoms with Crippen molar-refractivity contribution in [1.29, 1.82) is 0 Å². The maximum atomic E-state index is 12.1. The summed E-state index contributed by atoms with van der Waals surface area (Å²) in [5, 5.41) is 7.14. The first-order valence-corrected chi connectivity index (χ1v) is 11.4. The third kappa shape index (κ3) is 7.26. The number of carbonyl (C=O) groups excluding carboxylic acids is 1. The quantitative estimate of drug-likeness (QED) is 0.211. The zero-order valence-electron chi connectivity index (χ0n) is 18.1. The van der Waals surface area contributed by atoms with Crippen molar-refractivity contribution in [3.63, 3.8) is 0 Å². The number of benzene rings is 3. The van der Waals surface area contributed by atoms with Gasteiger partial charge in [0.2, 0.25) is 0 Å². The lowest BCUT2D eigenvalue weighted by Crippen LogP contribution is -2.25. The highest BCUT2D eigenvalue weighted by atomic mass is 127. The molecule has 1 amide bonds. The van der Waals surface area contributed by atoms with Crippen LogP contribution in [-0.2, 0) is 11.4 Å². The Morgan fingerprint density at radius 3 is 2.53 bits per heavy atom. The van der Waals surface area contributed by atoms with Crippen LogP contribution in [0.25, 0.3) is 0 Å². The van der Waals surface area contributed by atoms with Crippen molar-refractivity contribution in [3.05, 3.63) is 87.0 Å². The Labute approximate surface area is 202 Å². The minimum absolute atomic E-state index is 0.133. The van der Waals surface area contributed by atoms with E-state index in [2.05, 4.69) is 38.4 Å². The van der Waals surface area contributed by atoms with Crippen molar-refractivity contribution >= 4 is 40.4 Å². The number of ether oxygens (including phenoxy) is 2. The Hall–Kier alpha value is -3.07. The largest absolute Gasteiger partial charge is 0.490 e. The van der Waals surface area contributed by atoms with Crippen LogP contribution in [0.1, 0.15) is 23.6 Å². The number of anilines is 1. The molecule has 0 fully saturated rings. The van der Waals surface area contributed by atoms with Crippen molar-refractivity contribution in [2.24, 2.45) is 5.10 Å². The highest BCUT2D eigenvalue weighted by molar-refractivity contribution is 14.1. The normalized spacial score (nSPS) is 10.7. The van der Waals surface area contributed by atoms with E-state index in [-0.39, 0.29) is 12.5 Å². The van der Waals surface area contributed by atoms with Gasteiger partial charge < -0.3 is 14.8 Å². The number of rotatable bonds is 10. The van der Waals surface area contributed by atoms with E-state index in [9.17, 15) is 4.79 Å². The minimum atomic E-state index is -0.232. The van der Waals surface area contributed by atoms with Crippen LogP contribution in [0, 0.1) is 10.5 Å². The average Bonchev–Trinajstić information content (AvgIpc) is 2.79. The van der Waals surface area contributed by atoms with E-state index in [0.29, 0.717) is 24.7 Å². The van der Waals surface area contributed by atoms with Crippen LogP contribution in [-0.4, -0.2) is 25.3 Å². The van der Waals surface area contributed by atoms with Gasteiger partial charge in [-0.15, -0.1) is 0 Å². The van der Waals surface area contributed by atoms with Crippen LogP contribution in [0.2, 0.25) is 0 Å². The number of carbonyl (C=O) groups is 1. The summed E-state index contributed by atoms with van der Waals surface area (Å²) in [4.78, 5) is 12.1. The molecule has 0 saturated heterocycles. The van der Waals surface area contributed by atoms with Gasteiger partial charge in [-0.25, -0.2) is 5.43 Å². The number of hydrogen-bond acceptors (Lipinski definition) is 5. The van der Waals surface area contributed by atoms with Gasteiger partial charge in [0.1, 0.15) is 6.61 Å².